The van der Waals surface area contributed by atoms with Gasteiger partial charge in [-0.25, -0.2) is 0 Å². The number of rotatable bonds is 8. The molecule has 1 unspecified atom stereocenters. The van der Waals surface area contributed by atoms with Crippen LogP contribution in [0.1, 0.15) is 50.5 Å². The van der Waals surface area contributed by atoms with Gasteiger partial charge in [0.25, 0.3) is 0 Å². The molecule has 1 N–H and O–H groups in total. The second-order valence-electron chi connectivity index (χ2n) is 9.27. The first kappa shape index (κ1) is 21.9. The van der Waals surface area contributed by atoms with E-state index in [9.17, 15) is 4.79 Å². The summed E-state index contributed by atoms with van der Waals surface area (Å²) in [5.41, 5.74) is 2.27. The Kier molecular flexibility index (Phi) is 7.63. The molecular formula is C27H36N2O2. The summed E-state index contributed by atoms with van der Waals surface area (Å²) >= 11 is 0. The van der Waals surface area contributed by atoms with Gasteiger partial charge >= 0.3 is 0 Å². The molecule has 1 saturated carbocycles. The Morgan fingerprint density at radius 2 is 1.77 bits per heavy atom. The summed E-state index contributed by atoms with van der Waals surface area (Å²) < 4.78 is 5.25. The van der Waals surface area contributed by atoms with Crippen molar-refractivity contribution in [3.05, 3.63) is 60.2 Å². The largest absolute Gasteiger partial charge is 0.497 e. The Hall–Kier alpha value is -2.33. The van der Waals surface area contributed by atoms with Crippen LogP contribution in [0, 0.1) is 11.8 Å². The minimum absolute atomic E-state index is 0.122. The van der Waals surface area contributed by atoms with Crippen molar-refractivity contribution in [2.45, 2.75) is 57.4 Å². The Morgan fingerprint density at radius 3 is 2.48 bits per heavy atom. The van der Waals surface area contributed by atoms with Crippen molar-refractivity contribution in [1.29, 1.82) is 0 Å². The molecule has 4 rings (SSSR count). The second kappa shape index (κ2) is 10.8. The number of methoxy groups -OCH3 is 1. The molecule has 1 atom stereocenters. The molecule has 1 saturated heterocycles. The van der Waals surface area contributed by atoms with E-state index in [4.69, 9.17) is 4.74 Å². The summed E-state index contributed by atoms with van der Waals surface area (Å²) in [6, 6.07) is 19.2. The predicted octanol–water partition coefficient (Wildman–Crippen LogP) is 5.54. The topological polar surface area (TPSA) is 41.6 Å². The summed E-state index contributed by atoms with van der Waals surface area (Å²) in [6.07, 6.45) is 9.26. The lowest BCUT2D eigenvalue weighted by Gasteiger charge is -2.39. The first-order chi connectivity index (χ1) is 15.2. The van der Waals surface area contributed by atoms with Gasteiger partial charge in [-0.2, -0.15) is 0 Å². The van der Waals surface area contributed by atoms with E-state index in [1.165, 1.54) is 44.3 Å². The van der Waals surface area contributed by atoms with Crippen molar-refractivity contribution in [3.63, 3.8) is 0 Å². The van der Waals surface area contributed by atoms with E-state index in [1.807, 2.05) is 24.3 Å². The third-order valence-electron chi connectivity index (χ3n) is 7.16. The van der Waals surface area contributed by atoms with Crippen LogP contribution in [-0.4, -0.2) is 37.0 Å². The van der Waals surface area contributed by atoms with Gasteiger partial charge in [0.2, 0.25) is 5.91 Å². The predicted molar refractivity (Wildman–Crippen MR) is 126 cm³/mol. The molecule has 4 heteroatoms. The summed E-state index contributed by atoms with van der Waals surface area (Å²) in [5.74, 6) is 2.13. The first-order valence-corrected chi connectivity index (χ1v) is 11.9. The Bertz CT molecular complexity index is 824. The smallest absolute Gasteiger partial charge is 0.224 e. The molecule has 0 bridgehead atoms. The summed E-state index contributed by atoms with van der Waals surface area (Å²) in [7, 11) is 1.65. The van der Waals surface area contributed by atoms with Crippen molar-refractivity contribution < 1.29 is 9.53 Å². The van der Waals surface area contributed by atoms with E-state index in [0.29, 0.717) is 18.4 Å². The van der Waals surface area contributed by atoms with Crippen LogP contribution < -0.4 is 10.1 Å². The number of benzene rings is 2. The van der Waals surface area contributed by atoms with E-state index in [2.05, 4.69) is 40.5 Å². The maximum atomic E-state index is 12.6. The number of carbonyl (C=O) groups excluding carboxylic acids is 1. The van der Waals surface area contributed by atoms with Crippen molar-refractivity contribution in [2.24, 2.45) is 11.8 Å². The molecule has 1 amide bonds. The Balaban J connectivity index is 1.30. The summed E-state index contributed by atoms with van der Waals surface area (Å²) in [4.78, 5) is 15.3. The SMILES string of the molecule is COc1cccc(NC(=O)CC2CCC(C(Cc3ccccc3)N3CCCC3)CC2)c1. The third-order valence-corrected chi connectivity index (χ3v) is 7.16. The molecule has 2 aromatic carbocycles. The molecule has 0 radical (unpaired) electrons. The highest BCUT2D eigenvalue weighted by Crippen LogP contribution is 2.36. The molecule has 0 aromatic heterocycles. The van der Waals surface area contributed by atoms with Crippen LogP contribution in [0.15, 0.2) is 54.6 Å². The number of hydrogen-bond donors (Lipinski definition) is 1. The van der Waals surface area contributed by atoms with Crippen LogP contribution in [0.25, 0.3) is 0 Å². The maximum absolute atomic E-state index is 12.6. The fourth-order valence-electron chi connectivity index (χ4n) is 5.47. The van der Waals surface area contributed by atoms with Gasteiger partial charge < -0.3 is 10.1 Å². The van der Waals surface area contributed by atoms with Crippen LogP contribution in [0.2, 0.25) is 0 Å². The van der Waals surface area contributed by atoms with E-state index in [-0.39, 0.29) is 5.91 Å². The second-order valence-corrected chi connectivity index (χ2v) is 9.27. The Labute approximate surface area is 187 Å². The number of likely N-dealkylation sites (tertiary alicyclic amines) is 1. The highest BCUT2D eigenvalue weighted by atomic mass is 16.5. The minimum atomic E-state index is 0.122. The van der Waals surface area contributed by atoms with Crippen molar-refractivity contribution >= 4 is 11.6 Å². The maximum Gasteiger partial charge on any atom is 0.224 e. The third kappa shape index (κ3) is 6.10. The highest BCUT2D eigenvalue weighted by molar-refractivity contribution is 5.91. The molecule has 2 aromatic rings. The Morgan fingerprint density at radius 1 is 1.03 bits per heavy atom. The number of nitrogens with one attached hydrogen (secondary N) is 1. The monoisotopic (exact) mass is 420 g/mol. The van der Waals surface area contributed by atoms with E-state index in [0.717, 1.165) is 36.6 Å². The molecule has 1 aliphatic carbocycles. The molecule has 1 heterocycles. The number of hydrogen-bond acceptors (Lipinski definition) is 3. The molecule has 2 fully saturated rings. The van der Waals surface area contributed by atoms with E-state index >= 15 is 0 Å². The van der Waals surface area contributed by atoms with Gasteiger partial charge in [-0.05, 0) is 87.6 Å². The fourth-order valence-corrected chi connectivity index (χ4v) is 5.47. The zero-order chi connectivity index (χ0) is 21.5. The lowest BCUT2D eigenvalue weighted by Crippen LogP contribution is -2.42. The molecule has 4 nitrogen and oxygen atoms in total. The van der Waals surface area contributed by atoms with Crippen LogP contribution in [0.3, 0.4) is 0 Å². The van der Waals surface area contributed by atoms with Crippen molar-refractivity contribution in [2.75, 3.05) is 25.5 Å². The minimum Gasteiger partial charge on any atom is -0.497 e. The molecule has 0 spiro atoms. The van der Waals surface area contributed by atoms with Crippen molar-refractivity contribution in [3.8, 4) is 5.75 Å². The van der Waals surface area contributed by atoms with Gasteiger partial charge in [0.1, 0.15) is 5.75 Å². The number of carbonyl (C=O) groups is 1. The molecular weight excluding hydrogens is 384 g/mol. The van der Waals surface area contributed by atoms with E-state index in [1.54, 1.807) is 7.11 Å². The van der Waals surface area contributed by atoms with Gasteiger partial charge in [-0.15, -0.1) is 0 Å². The summed E-state index contributed by atoms with van der Waals surface area (Å²) in [5, 5.41) is 3.05. The lowest BCUT2D eigenvalue weighted by atomic mass is 9.75. The lowest BCUT2D eigenvalue weighted by molar-refractivity contribution is -0.117. The van der Waals surface area contributed by atoms with Crippen molar-refractivity contribution in [1.82, 2.24) is 4.90 Å². The van der Waals surface area contributed by atoms with Gasteiger partial charge in [0, 0.05) is 24.2 Å². The normalized spacial score (nSPS) is 22.7. The standard InChI is InChI=1S/C27H36N2O2/c1-31-25-11-7-10-24(20-25)28-27(30)19-22-12-14-23(15-13-22)26(29-16-5-6-17-29)18-21-8-3-2-4-9-21/h2-4,7-11,20,22-23,26H,5-6,12-19H2,1H3,(H,28,30). The molecule has 166 valence electrons. The average molecular weight is 421 g/mol. The number of ether oxygens (including phenoxy) is 1. The van der Waals surface area contributed by atoms with E-state index < -0.39 is 0 Å². The first-order valence-electron chi connectivity index (χ1n) is 11.9. The van der Waals surface area contributed by atoms with Crippen LogP contribution in [-0.2, 0) is 11.2 Å². The average Bonchev–Trinajstić information content (AvgIpc) is 3.33. The van der Waals surface area contributed by atoms with Crippen LogP contribution in [0.4, 0.5) is 5.69 Å². The molecule has 2 aliphatic rings. The number of anilines is 1. The van der Waals surface area contributed by atoms with Gasteiger partial charge in [0.05, 0.1) is 7.11 Å². The zero-order valence-electron chi connectivity index (χ0n) is 18.8. The summed E-state index contributed by atoms with van der Waals surface area (Å²) in [6.45, 7) is 2.50. The van der Waals surface area contributed by atoms with Gasteiger partial charge in [-0.1, -0.05) is 36.4 Å². The fraction of sp³-hybridized carbons (Fsp3) is 0.519. The number of amides is 1. The van der Waals surface area contributed by atoms with Gasteiger partial charge in [0.15, 0.2) is 0 Å². The zero-order valence-corrected chi connectivity index (χ0v) is 18.8. The van der Waals surface area contributed by atoms with Crippen LogP contribution >= 0.6 is 0 Å². The highest BCUT2D eigenvalue weighted by Gasteiger charge is 2.33. The number of nitrogens with zero attached hydrogens (tertiary/aromatic N) is 1. The quantitative estimate of drug-likeness (QED) is 0.610. The molecule has 31 heavy (non-hydrogen) atoms. The molecule has 1 aliphatic heterocycles. The van der Waals surface area contributed by atoms with Gasteiger partial charge in [-0.3, -0.25) is 9.69 Å². The van der Waals surface area contributed by atoms with Crippen LogP contribution in [0.5, 0.6) is 5.75 Å².